The molecule has 0 spiro atoms. The van der Waals surface area contributed by atoms with Gasteiger partial charge >= 0.3 is 0 Å². The van der Waals surface area contributed by atoms with Crippen LogP contribution in [0.2, 0.25) is 0 Å². The Kier molecular flexibility index (Phi) is 7.02. The Hall–Kier alpha value is -3.68. The maximum Gasteiger partial charge on any atom is 0.295 e. The van der Waals surface area contributed by atoms with Gasteiger partial charge in [-0.15, -0.1) is 0 Å². The van der Waals surface area contributed by atoms with Gasteiger partial charge in [0.25, 0.3) is 11.8 Å². The number of anilines is 1. The van der Waals surface area contributed by atoms with Crippen molar-refractivity contribution in [3.63, 3.8) is 0 Å². The zero-order chi connectivity index (χ0) is 23.2. The minimum absolute atomic E-state index is 0.0594. The van der Waals surface area contributed by atoms with Gasteiger partial charge in [0.05, 0.1) is 32.4 Å². The first-order valence-corrected chi connectivity index (χ1v) is 11.0. The van der Waals surface area contributed by atoms with Crippen molar-refractivity contribution in [1.29, 1.82) is 0 Å². The van der Waals surface area contributed by atoms with Crippen molar-refractivity contribution in [3.05, 3.63) is 66.5 Å². The van der Waals surface area contributed by atoms with Crippen LogP contribution in [0.25, 0.3) is 0 Å². The number of rotatable bonds is 8. The number of carbonyl (C=O) groups excluding carboxylic acids is 2. The first-order valence-electron chi connectivity index (χ1n) is 11.0. The molecule has 1 aliphatic rings. The molecule has 8 nitrogen and oxygen atoms in total. The Morgan fingerprint density at radius 1 is 0.970 bits per heavy atom. The fourth-order valence-electron chi connectivity index (χ4n) is 4.18. The highest BCUT2D eigenvalue weighted by Gasteiger charge is 2.37. The van der Waals surface area contributed by atoms with E-state index in [1.54, 1.807) is 42.5 Å². The number of furan rings is 2. The molecule has 0 radical (unpaired) electrons. The lowest BCUT2D eigenvalue weighted by Gasteiger charge is -2.32. The van der Waals surface area contributed by atoms with Gasteiger partial charge in [0.2, 0.25) is 0 Å². The summed E-state index contributed by atoms with van der Waals surface area (Å²) in [4.78, 5) is 28.7. The molecule has 1 saturated carbocycles. The third-order valence-corrected chi connectivity index (χ3v) is 5.84. The van der Waals surface area contributed by atoms with Gasteiger partial charge in [0.15, 0.2) is 11.8 Å². The van der Waals surface area contributed by atoms with Crippen LogP contribution in [0.3, 0.4) is 0 Å². The molecule has 174 valence electrons. The number of methoxy groups -OCH3 is 2. The maximum absolute atomic E-state index is 13.7. The molecule has 1 fully saturated rings. The van der Waals surface area contributed by atoms with Crippen LogP contribution in [-0.4, -0.2) is 32.1 Å². The lowest BCUT2D eigenvalue weighted by Crippen LogP contribution is -2.47. The average Bonchev–Trinajstić information content (AvgIpc) is 3.57. The van der Waals surface area contributed by atoms with Gasteiger partial charge in [0, 0.05) is 24.2 Å². The molecule has 2 heterocycles. The van der Waals surface area contributed by atoms with E-state index < -0.39 is 11.9 Å². The van der Waals surface area contributed by atoms with Crippen molar-refractivity contribution in [2.45, 2.75) is 44.2 Å². The highest BCUT2D eigenvalue weighted by atomic mass is 16.5. The maximum atomic E-state index is 13.7. The largest absolute Gasteiger partial charge is 0.497 e. The average molecular weight is 453 g/mol. The number of hydrogen-bond donors (Lipinski definition) is 1. The third-order valence-electron chi connectivity index (χ3n) is 5.84. The van der Waals surface area contributed by atoms with Crippen molar-refractivity contribution >= 4 is 17.5 Å². The third kappa shape index (κ3) is 5.05. The Balaban J connectivity index is 1.80. The second-order valence-electron chi connectivity index (χ2n) is 7.98. The molecule has 1 aliphatic carbocycles. The van der Waals surface area contributed by atoms with Gasteiger partial charge in [-0.1, -0.05) is 19.3 Å². The molecule has 2 amide bonds. The van der Waals surface area contributed by atoms with Crippen molar-refractivity contribution < 1.29 is 27.9 Å². The lowest BCUT2D eigenvalue weighted by molar-refractivity contribution is -0.123. The van der Waals surface area contributed by atoms with Crippen LogP contribution < -0.4 is 19.7 Å². The smallest absolute Gasteiger partial charge is 0.295 e. The number of benzene rings is 1. The number of amides is 2. The van der Waals surface area contributed by atoms with E-state index in [2.05, 4.69) is 5.32 Å². The summed E-state index contributed by atoms with van der Waals surface area (Å²) in [6, 6.07) is 10.6. The highest BCUT2D eigenvalue weighted by Crippen LogP contribution is 2.35. The monoisotopic (exact) mass is 452 g/mol. The second-order valence-corrected chi connectivity index (χ2v) is 7.98. The summed E-state index contributed by atoms with van der Waals surface area (Å²) in [6.45, 7) is 0. The van der Waals surface area contributed by atoms with Crippen LogP contribution in [0.15, 0.2) is 63.8 Å². The molecule has 2 aromatic heterocycles. The summed E-state index contributed by atoms with van der Waals surface area (Å²) in [5.41, 5.74) is 0.410. The Labute approximate surface area is 192 Å². The zero-order valence-corrected chi connectivity index (χ0v) is 18.8. The summed E-state index contributed by atoms with van der Waals surface area (Å²) in [6.07, 6.45) is 8.03. The fourth-order valence-corrected chi connectivity index (χ4v) is 4.18. The molecule has 1 aromatic carbocycles. The number of hydrogen-bond acceptors (Lipinski definition) is 6. The predicted octanol–water partition coefficient (Wildman–Crippen LogP) is 4.73. The molecule has 0 aliphatic heterocycles. The van der Waals surface area contributed by atoms with Crippen LogP contribution in [0.5, 0.6) is 11.5 Å². The summed E-state index contributed by atoms with van der Waals surface area (Å²) >= 11 is 0. The topological polar surface area (TPSA) is 94.2 Å². The first kappa shape index (κ1) is 22.5. The van der Waals surface area contributed by atoms with Crippen LogP contribution in [-0.2, 0) is 4.79 Å². The number of nitrogens with one attached hydrogen (secondary N) is 1. The van der Waals surface area contributed by atoms with E-state index in [0.29, 0.717) is 22.9 Å². The van der Waals surface area contributed by atoms with Crippen LogP contribution in [0, 0.1) is 0 Å². The minimum atomic E-state index is -1.06. The lowest BCUT2D eigenvalue weighted by atomic mass is 9.95. The molecule has 1 atom stereocenters. The van der Waals surface area contributed by atoms with Gasteiger partial charge in [-0.05, 0) is 37.1 Å². The van der Waals surface area contributed by atoms with E-state index >= 15 is 0 Å². The summed E-state index contributed by atoms with van der Waals surface area (Å²) in [5, 5.41) is 3.13. The standard InChI is InChI=1S/C25H28N2O6/c1-30-19-14-18(15-20(16-19)31-2)27(25(29)22-11-7-13-33-22)23(21-10-6-12-32-21)24(28)26-17-8-4-3-5-9-17/h6-7,10-17,23H,3-5,8-9H2,1-2H3,(H,26,28)/t23-/m0/s1. The quantitative estimate of drug-likeness (QED) is 0.531. The molecule has 0 bridgehead atoms. The van der Waals surface area contributed by atoms with E-state index in [-0.39, 0.29) is 17.7 Å². The summed E-state index contributed by atoms with van der Waals surface area (Å²) in [7, 11) is 3.05. The van der Waals surface area contributed by atoms with Crippen molar-refractivity contribution in [3.8, 4) is 11.5 Å². The van der Waals surface area contributed by atoms with Crippen molar-refractivity contribution in [2.75, 3.05) is 19.1 Å². The minimum Gasteiger partial charge on any atom is -0.497 e. The van der Waals surface area contributed by atoms with Gasteiger partial charge < -0.3 is 23.6 Å². The fraction of sp³-hybridized carbons (Fsp3) is 0.360. The van der Waals surface area contributed by atoms with E-state index in [1.165, 1.54) is 38.1 Å². The normalized spacial score (nSPS) is 15.0. The van der Waals surface area contributed by atoms with Crippen LogP contribution >= 0.6 is 0 Å². The second kappa shape index (κ2) is 10.3. The molecule has 1 N–H and O–H groups in total. The summed E-state index contributed by atoms with van der Waals surface area (Å²) < 4.78 is 21.8. The van der Waals surface area contributed by atoms with E-state index in [4.69, 9.17) is 18.3 Å². The first-order chi connectivity index (χ1) is 16.1. The number of carbonyl (C=O) groups is 2. The molecule has 0 saturated heterocycles. The summed E-state index contributed by atoms with van der Waals surface area (Å²) in [5.74, 6) is 0.581. The van der Waals surface area contributed by atoms with Crippen LogP contribution in [0.1, 0.15) is 54.5 Å². The number of nitrogens with zero attached hydrogens (tertiary/aromatic N) is 1. The Morgan fingerprint density at radius 3 is 2.21 bits per heavy atom. The Morgan fingerprint density at radius 2 is 1.64 bits per heavy atom. The molecule has 3 aromatic rings. The van der Waals surface area contributed by atoms with E-state index in [1.807, 2.05) is 0 Å². The van der Waals surface area contributed by atoms with Crippen molar-refractivity contribution in [2.24, 2.45) is 0 Å². The van der Waals surface area contributed by atoms with E-state index in [0.717, 1.165) is 25.7 Å². The molecule has 33 heavy (non-hydrogen) atoms. The van der Waals surface area contributed by atoms with Gasteiger partial charge in [0.1, 0.15) is 17.3 Å². The molecule has 4 rings (SSSR count). The molecular weight excluding hydrogens is 424 g/mol. The Bertz CT molecular complexity index is 1030. The van der Waals surface area contributed by atoms with E-state index in [9.17, 15) is 9.59 Å². The zero-order valence-electron chi connectivity index (χ0n) is 18.8. The molecular formula is C25H28N2O6. The van der Waals surface area contributed by atoms with Crippen molar-refractivity contribution in [1.82, 2.24) is 5.32 Å². The molecule has 8 heteroatoms. The predicted molar refractivity (Wildman–Crippen MR) is 122 cm³/mol. The molecule has 0 unspecified atom stereocenters. The number of ether oxygens (including phenoxy) is 2. The van der Waals surface area contributed by atoms with Crippen LogP contribution in [0.4, 0.5) is 5.69 Å². The van der Waals surface area contributed by atoms with Gasteiger partial charge in [-0.2, -0.15) is 0 Å². The van der Waals surface area contributed by atoms with Gasteiger partial charge in [-0.25, -0.2) is 0 Å². The highest BCUT2D eigenvalue weighted by molar-refractivity contribution is 6.08. The van der Waals surface area contributed by atoms with Gasteiger partial charge in [-0.3, -0.25) is 14.5 Å². The SMILES string of the molecule is COc1cc(OC)cc(N(C(=O)c2ccco2)[C@H](C(=O)NC2CCCCC2)c2ccco2)c1.